The second-order valence-corrected chi connectivity index (χ2v) is 4.28. The van der Waals surface area contributed by atoms with E-state index in [9.17, 15) is 22.4 Å². The molecule has 0 radical (unpaired) electrons. The first kappa shape index (κ1) is 15.0. The molecule has 1 N–H and O–H groups in total. The van der Waals surface area contributed by atoms with Gasteiger partial charge in [-0.1, -0.05) is 18.2 Å². The van der Waals surface area contributed by atoms with Crippen LogP contribution < -0.4 is 0 Å². The fraction of sp³-hybridized carbons (Fsp3) is 0.143. The van der Waals surface area contributed by atoms with Crippen molar-refractivity contribution < 1.29 is 27.5 Å². The van der Waals surface area contributed by atoms with Crippen LogP contribution in [0.4, 0.5) is 17.6 Å². The molecule has 2 rings (SSSR count). The molecule has 0 spiro atoms. The lowest BCUT2D eigenvalue weighted by atomic mass is 9.95. The second kappa shape index (κ2) is 5.51. The highest BCUT2D eigenvalue weighted by molar-refractivity contribution is 5.77. The standard InChI is InChI=1S/C14H9F4NO2/c15-12-5-8(6-13(20)21)10(7-19-12)9-3-1-2-4-11(9)14(16,17)18/h1-5,7H,6H2,(H,20,21). The van der Waals surface area contributed by atoms with Crippen LogP contribution in [0.15, 0.2) is 36.5 Å². The van der Waals surface area contributed by atoms with Crippen molar-refractivity contribution in [3.8, 4) is 11.1 Å². The predicted molar refractivity (Wildman–Crippen MR) is 66.0 cm³/mol. The number of pyridine rings is 1. The molecule has 1 aromatic carbocycles. The summed E-state index contributed by atoms with van der Waals surface area (Å²) < 4.78 is 52.1. The Bertz CT molecular complexity index is 683. The summed E-state index contributed by atoms with van der Waals surface area (Å²) in [6, 6.07) is 5.52. The summed E-state index contributed by atoms with van der Waals surface area (Å²) in [6.45, 7) is 0. The van der Waals surface area contributed by atoms with Crippen LogP contribution in [0.25, 0.3) is 11.1 Å². The monoisotopic (exact) mass is 299 g/mol. The highest BCUT2D eigenvalue weighted by Crippen LogP contribution is 2.38. The first-order valence-corrected chi connectivity index (χ1v) is 5.82. The summed E-state index contributed by atoms with van der Waals surface area (Å²) in [4.78, 5) is 14.1. The van der Waals surface area contributed by atoms with E-state index >= 15 is 0 Å². The lowest BCUT2D eigenvalue weighted by Crippen LogP contribution is -2.09. The average molecular weight is 299 g/mol. The van der Waals surface area contributed by atoms with E-state index in [2.05, 4.69) is 4.98 Å². The van der Waals surface area contributed by atoms with E-state index in [1.165, 1.54) is 18.2 Å². The number of carboxylic acids is 1. The van der Waals surface area contributed by atoms with E-state index < -0.39 is 30.1 Å². The van der Waals surface area contributed by atoms with Gasteiger partial charge in [-0.15, -0.1) is 0 Å². The molecule has 0 aliphatic heterocycles. The Morgan fingerprint density at radius 3 is 2.48 bits per heavy atom. The van der Waals surface area contributed by atoms with E-state index in [4.69, 9.17) is 5.11 Å². The minimum Gasteiger partial charge on any atom is -0.481 e. The molecule has 0 aliphatic rings. The zero-order valence-corrected chi connectivity index (χ0v) is 10.5. The van der Waals surface area contributed by atoms with Gasteiger partial charge in [-0.3, -0.25) is 4.79 Å². The van der Waals surface area contributed by atoms with Crippen molar-refractivity contribution in [2.24, 2.45) is 0 Å². The van der Waals surface area contributed by atoms with E-state index in [1.54, 1.807) is 0 Å². The maximum Gasteiger partial charge on any atom is 0.417 e. The minimum absolute atomic E-state index is 0.0493. The summed E-state index contributed by atoms with van der Waals surface area (Å²) in [7, 11) is 0. The predicted octanol–water partition coefficient (Wildman–Crippen LogP) is 3.53. The van der Waals surface area contributed by atoms with Crippen molar-refractivity contribution in [1.82, 2.24) is 4.98 Å². The van der Waals surface area contributed by atoms with E-state index in [0.29, 0.717) is 0 Å². The molecular formula is C14H9F4NO2. The number of carbonyl (C=O) groups is 1. The fourth-order valence-corrected chi connectivity index (χ4v) is 1.98. The van der Waals surface area contributed by atoms with Gasteiger partial charge in [0.1, 0.15) is 0 Å². The molecule has 0 saturated carbocycles. The summed E-state index contributed by atoms with van der Waals surface area (Å²) in [5.74, 6) is -2.22. The summed E-state index contributed by atoms with van der Waals surface area (Å²) in [6.07, 6.45) is -4.29. The van der Waals surface area contributed by atoms with E-state index in [-0.39, 0.29) is 16.7 Å². The van der Waals surface area contributed by atoms with Crippen LogP contribution in [-0.2, 0) is 17.4 Å². The van der Waals surface area contributed by atoms with Gasteiger partial charge in [-0.25, -0.2) is 4.98 Å². The number of carboxylic acid groups (broad SMARTS) is 1. The van der Waals surface area contributed by atoms with E-state index in [1.807, 2.05) is 0 Å². The Kier molecular flexibility index (Phi) is 3.93. The van der Waals surface area contributed by atoms with Crippen molar-refractivity contribution >= 4 is 5.97 Å². The molecule has 1 heterocycles. The van der Waals surface area contributed by atoms with Crippen LogP contribution in [0.2, 0.25) is 0 Å². The molecule has 7 heteroatoms. The molecule has 1 aromatic heterocycles. The number of aliphatic carboxylic acids is 1. The van der Waals surface area contributed by atoms with Gasteiger partial charge >= 0.3 is 12.1 Å². The van der Waals surface area contributed by atoms with Gasteiger partial charge in [0.2, 0.25) is 5.95 Å². The Hall–Kier alpha value is -2.44. The second-order valence-electron chi connectivity index (χ2n) is 4.28. The number of hydrogen-bond acceptors (Lipinski definition) is 2. The molecule has 0 bridgehead atoms. The lowest BCUT2D eigenvalue weighted by molar-refractivity contribution is -0.137. The molecule has 3 nitrogen and oxygen atoms in total. The molecule has 2 aromatic rings. The Labute approximate surface area is 116 Å². The molecule has 21 heavy (non-hydrogen) atoms. The molecule has 0 unspecified atom stereocenters. The summed E-state index contributed by atoms with van der Waals surface area (Å²) >= 11 is 0. The van der Waals surface area contributed by atoms with Crippen LogP contribution in [0, 0.1) is 5.95 Å². The maximum atomic E-state index is 13.1. The van der Waals surface area contributed by atoms with Crippen molar-refractivity contribution in [2.75, 3.05) is 0 Å². The molecule has 110 valence electrons. The fourth-order valence-electron chi connectivity index (χ4n) is 1.98. The van der Waals surface area contributed by atoms with Crippen molar-refractivity contribution in [2.45, 2.75) is 12.6 Å². The summed E-state index contributed by atoms with van der Waals surface area (Å²) in [5, 5.41) is 8.79. The molecule has 0 fully saturated rings. The summed E-state index contributed by atoms with van der Waals surface area (Å²) in [5.41, 5.74) is -1.27. The number of nitrogens with zero attached hydrogens (tertiary/aromatic N) is 1. The van der Waals surface area contributed by atoms with Gasteiger partial charge in [-0.2, -0.15) is 17.6 Å². The normalized spacial score (nSPS) is 11.4. The highest BCUT2D eigenvalue weighted by Gasteiger charge is 2.33. The zero-order valence-electron chi connectivity index (χ0n) is 10.5. The number of aromatic nitrogens is 1. The third-order valence-corrected chi connectivity index (χ3v) is 2.82. The molecule has 0 atom stereocenters. The van der Waals surface area contributed by atoms with Gasteiger partial charge in [-0.05, 0) is 23.3 Å². The smallest absolute Gasteiger partial charge is 0.417 e. The number of hydrogen-bond donors (Lipinski definition) is 1. The van der Waals surface area contributed by atoms with Gasteiger partial charge in [0.15, 0.2) is 0 Å². The maximum absolute atomic E-state index is 13.1. The van der Waals surface area contributed by atoms with E-state index in [0.717, 1.165) is 18.3 Å². The largest absolute Gasteiger partial charge is 0.481 e. The number of halogens is 4. The first-order chi connectivity index (χ1) is 9.79. The van der Waals surface area contributed by atoms with Crippen LogP contribution in [0.5, 0.6) is 0 Å². The number of benzene rings is 1. The van der Waals surface area contributed by atoms with Gasteiger partial charge in [0, 0.05) is 11.8 Å². The van der Waals surface area contributed by atoms with Crippen molar-refractivity contribution in [3.05, 3.63) is 53.6 Å². The Morgan fingerprint density at radius 1 is 1.19 bits per heavy atom. The molecule has 0 saturated heterocycles. The van der Waals surface area contributed by atoms with Gasteiger partial charge in [0.25, 0.3) is 0 Å². The van der Waals surface area contributed by atoms with Crippen LogP contribution >= 0.6 is 0 Å². The number of alkyl halides is 3. The third-order valence-electron chi connectivity index (χ3n) is 2.82. The Morgan fingerprint density at radius 2 is 1.86 bits per heavy atom. The first-order valence-electron chi connectivity index (χ1n) is 5.82. The Balaban J connectivity index is 2.65. The van der Waals surface area contributed by atoms with Crippen LogP contribution in [0.1, 0.15) is 11.1 Å². The quantitative estimate of drug-likeness (QED) is 0.696. The van der Waals surface area contributed by atoms with Crippen molar-refractivity contribution in [1.29, 1.82) is 0 Å². The highest BCUT2D eigenvalue weighted by atomic mass is 19.4. The van der Waals surface area contributed by atoms with Crippen LogP contribution in [0.3, 0.4) is 0 Å². The molecule has 0 amide bonds. The zero-order chi connectivity index (χ0) is 15.6. The SMILES string of the molecule is O=C(O)Cc1cc(F)ncc1-c1ccccc1C(F)(F)F. The average Bonchev–Trinajstić information content (AvgIpc) is 2.37. The number of rotatable bonds is 3. The molecular weight excluding hydrogens is 290 g/mol. The third kappa shape index (κ3) is 3.36. The van der Waals surface area contributed by atoms with Crippen molar-refractivity contribution in [3.63, 3.8) is 0 Å². The topological polar surface area (TPSA) is 50.2 Å². The lowest BCUT2D eigenvalue weighted by Gasteiger charge is -2.14. The minimum atomic E-state index is -4.61. The van der Waals surface area contributed by atoms with Gasteiger partial charge in [0.05, 0.1) is 12.0 Å². The van der Waals surface area contributed by atoms with Gasteiger partial charge < -0.3 is 5.11 Å². The molecule has 0 aliphatic carbocycles. The van der Waals surface area contributed by atoms with Crippen LogP contribution in [-0.4, -0.2) is 16.1 Å².